The molecule has 0 amide bonds. The van der Waals surface area contributed by atoms with Gasteiger partial charge in [-0.15, -0.1) is 0 Å². The average Bonchev–Trinajstić information content (AvgIpc) is 2.85. The third-order valence-corrected chi connectivity index (χ3v) is 4.14. The van der Waals surface area contributed by atoms with Crippen LogP contribution in [0.15, 0.2) is 45.7 Å². The Hall–Kier alpha value is -0.770. The molecule has 0 saturated heterocycles. The lowest BCUT2D eigenvalue weighted by molar-refractivity contribution is 0.535. The van der Waals surface area contributed by atoms with Crippen molar-refractivity contribution in [3.63, 3.8) is 0 Å². The van der Waals surface area contributed by atoms with Crippen LogP contribution in [0, 0.1) is 0 Å². The monoisotopic (exact) mass is 327 g/mol. The molecule has 1 aromatic heterocycles. The third-order valence-electron chi connectivity index (χ3n) is 2.83. The van der Waals surface area contributed by atoms with Gasteiger partial charge in [-0.1, -0.05) is 30.7 Å². The molecule has 96 valence electrons. The molecule has 0 aliphatic carbocycles. The van der Waals surface area contributed by atoms with Crippen LogP contribution in [0.25, 0.3) is 0 Å². The van der Waals surface area contributed by atoms with Gasteiger partial charge < -0.3 is 9.73 Å². The zero-order chi connectivity index (χ0) is 13.0. The summed E-state index contributed by atoms with van der Waals surface area (Å²) in [6, 6.07) is 8.19. The van der Waals surface area contributed by atoms with Crippen LogP contribution in [0.1, 0.15) is 24.1 Å². The van der Waals surface area contributed by atoms with Crippen molar-refractivity contribution in [1.82, 2.24) is 5.32 Å². The topological polar surface area (TPSA) is 25.2 Å². The van der Waals surface area contributed by atoms with E-state index in [9.17, 15) is 0 Å². The van der Waals surface area contributed by atoms with Gasteiger partial charge in [0, 0.05) is 10.5 Å². The van der Waals surface area contributed by atoms with Gasteiger partial charge in [-0.3, -0.25) is 0 Å². The summed E-state index contributed by atoms with van der Waals surface area (Å²) < 4.78 is 6.04. The van der Waals surface area contributed by atoms with E-state index in [1.54, 1.807) is 12.5 Å². The molecule has 0 aliphatic rings. The van der Waals surface area contributed by atoms with Gasteiger partial charge in [-0.05, 0) is 52.2 Å². The maximum Gasteiger partial charge on any atom is 0.0935 e. The molecule has 0 fully saturated rings. The molecule has 1 atom stereocenters. The van der Waals surface area contributed by atoms with Crippen LogP contribution in [-0.2, 0) is 6.42 Å². The SMILES string of the molecule is CCNC(Cc1ccoc1)c1cccc(Br)c1Cl. The van der Waals surface area contributed by atoms with Crippen LogP contribution < -0.4 is 5.32 Å². The standard InChI is InChI=1S/C14H15BrClNO/c1-2-17-13(8-10-6-7-18-9-10)11-4-3-5-12(15)14(11)16/h3-7,9,13,17H,2,8H2,1H3. The number of benzene rings is 1. The maximum absolute atomic E-state index is 6.35. The Morgan fingerprint density at radius 3 is 2.89 bits per heavy atom. The molecule has 18 heavy (non-hydrogen) atoms. The number of halogens is 2. The Balaban J connectivity index is 2.26. The molecule has 2 rings (SSSR count). The average molecular weight is 329 g/mol. The van der Waals surface area contributed by atoms with E-state index in [1.165, 1.54) is 0 Å². The van der Waals surface area contributed by atoms with Gasteiger partial charge in [-0.2, -0.15) is 0 Å². The van der Waals surface area contributed by atoms with E-state index in [0.29, 0.717) is 0 Å². The van der Waals surface area contributed by atoms with Gasteiger partial charge in [0.05, 0.1) is 17.5 Å². The van der Waals surface area contributed by atoms with Gasteiger partial charge in [0.1, 0.15) is 0 Å². The van der Waals surface area contributed by atoms with Crippen molar-refractivity contribution in [2.24, 2.45) is 0 Å². The maximum atomic E-state index is 6.35. The highest BCUT2D eigenvalue weighted by Crippen LogP contribution is 2.31. The van der Waals surface area contributed by atoms with Gasteiger partial charge in [-0.25, -0.2) is 0 Å². The molecular weight excluding hydrogens is 314 g/mol. The Morgan fingerprint density at radius 2 is 2.22 bits per heavy atom. The van der Waals surface area contributed by atoms with E-state index in [2.05, 4.69) is 34.2 Å². The second-order valence-corrected chi connectivity index (χ2v) is 5.32. The highest BCUT2D eigenvalue weighted by molar-refractivity contribution is 9.10. The molecule has 0 bridgehead atoms. The van der Waals surface area contributed by atoms with Gasteiger partial charge in [0.2, 0.25) is 0 Å². The van der Waals surface area contributed by atoms with Crippen LogP contribution in [0.4, 0.5) is 0 Å². The first kappa shape index (κ1) is 13.7. The lowest BCUT2D eigenvalue weighted by Gasteiger charge is -2.19. The van der Waals surface area contributed by atoms with Crippen molar-refractivity contribution in [2.45, 2.75) is 19.4 Å². The largest absolute Gasteiger partial charge is 0.472 e. The van der Waals surface area contributed by atoms with Crippen LogP contribution in [-0.4, -0.2) is 6.54 Å². The highest BCUT2D eigenvalue weighted by Gasteiger charge is 2.16. The molecule has 0 saturated carbocycles. The number of hydrogen-bond acceptors (Lipinski definition) is 2. The summed E-state index contributed by atoms with van der Waals surface area (Å²) in [4.78, 5) is 0. The third kappa shape index (κ3) is 3.16. The first-order valence-electron chi connectivity index (χ1n) is 5.90. The van der Waals surface area contributed by atoms with Crippen molar-refractivity contribution >= 4 is 27.5 Å². The minimum absolute atomic E-state index is 0.192. The first-order valence-corrected chi connectivity index (χ1v) is 7.07. The quantitative estimate of drug-likeness (QED) is 0.868. The summed E-state index contributed by atoms with van der Waals surface area (Å²) in [5.74, 6) is 0. The molecule has 1 heterocycles. The molecule has 1 unspecified atom stereocenters. The molecular formula is C14H15BrClNO. The zero-order valence-electron chi connectivity index (χ0n) is 10.1. The smallest absolute Gasteiger partial charge is 0.0935 e. The molecule has 0 radical (unpaired) electrons. The number of hydrogen-bond donors (Lipinski definition) is 1. The van der Waals surface area contributed by atoms with E-state index in [1.807, 2.05) is 18.2 Å². The van der Waals surface area contributed by atoms with Gasteiger partial charge >= 0.3 is 0 Å². The minimum Gasteiger partial charge on any atom is -0.472 e. The Bertz CT molecular complexity index is 499. The molecule has 0 aliphatic heterocycles. The number of furan rings is 1. The molecule has 0 spiro atoms. The number of likely N-dealkylation sites (N-methyl/N-ethyl adjacent to an activating group) is 1. The summed E-state index contributed by atoms with van der Waals surface area (Å²) in [5.41, 5.74) is 2.27. The zero-order valence-corrected chi connectivity index (χ0v) is 12.5. The number of nitrogens with one attached hydrogen (secondary N) is 1. The molecule has 2 nitrogen and oxygen atoms in total. The fourth-order valence-electron chi connectivity index (χ4n) is 1.97. The Morgan fingerprint density at radius 1 is 1.39 bits per heavy atom. The summed E-state index contributed by atoms with van der Waals surface area (Å²) in [6.45, 7) is 2.99. The Kier molecular flexibility index (Phi) is 4.87. The predicted octanol–water partition coefficient (Wildman–Crippen LogP) is 4.59. The second kappa shape index (κ2) is 6.41. The van der Waals surface area contributed by atoms with Gasteiger partial charge in [0.25, 0.3) is 0 Å². The number of rotatable bonds is 5. The summed E-state index contributed by atoms with van der Waals surface area (Å²) in [7, 11) is 0. The van der Waals surface area contributed by atoms with E-state index in [4.69, 9.17) is 16.0 Å². The normalized spacial score (nSPS) is 12.6. The summed E-state index contributed by atoms with van der Waals surface area (Å²) in [6.07, 6.45) is 4.33. The predicted molar refractivity (Wildman–Crippen MR) is 78.0 cm³/mol. The molecule has 2 aromatic rings. The van der Waals surface area contributed by atoms with Crippen molar-refractivity contribution in [1.29, 1.82) is 0 Å². The minimum atomic E-state index is 0.192. The fraction of sp³-hybridized carbons (Fsp3) is 0.286. The Labute approximate surface area is 120 Å². The highest BCUT2D eigenvalue weighted by atomic mass is 79.9. The van der Waals surface area contributed by atoms with Crippen molar-refractivity contribution in [3.05, 3.63) is 57.4 Å². The van der Waals surface area contributed by atoms with E-state index < -0.39 is 0 Å². The molecule has 1 aromatic carbocycles. The van der Waals surface area contributed by atoms with E-state index in [-0.39, 0.29) is 6.04 Å². The van der Waals surface area contributed by atoms with Crippen LogP contribution in [0.2, 0.25) is 5.02 Å². The lowest BCUT2D eigenvalue weighted by Crippen LogP contribution is -2.23. The summed E-state index contributed by atoms with van der Waals surface area (Å²) in [5, 5.41) is 4.23. The van der Waals surface area contributed by atoms with Crippen molar-refractivity contribution in [2.75, 3.05) is 6.54 Å². The molecule has 4 heteroatoms. The first-order chi connectivity index (χ1) is 8.72. The fourth-order valence-corrected chi connectivity index (χ4v) is 2.61. The second-order valence-electron chi connectivity index (χ2n) is 4.09. The van der Waals surface area contributed by atoms with Crippen molar-refractivity contribution < 1.29 is 4.42 Å². The van der Waals surface area contributed by atoms with Crippen LogP contribution in [0.5, 0.6) is 0 Å². The summed E-state index contributed by atoms with van der Waals surface area (Å²) >= 11 is 9.82. The van der Waals surface area contributed by atoms with Crippen LogP contribution in [0.3, 0.4) is 0 Å². The van der Waals surface area contributed by atoms with E-state index >= 15 is 0 Å². The van der Waals surface area contributed by atoms with Crippen molar-refractivity contribution in [3.8, 4) is 0 Å². The van der Waals surface area contributed by atoms with Crippen LogP contribution >= 0.6 is 27.5 Å². The molecule has 1 N–H and O–H groups in total. The lowest BCUT2D eigenvalue weighted by atomic mass is 10.0. The van der Waals surface area contributed by atoms with E-state index in [0.717, 1.165) is 33.6 Å². The van der Waals surface area contributed by atoms with Gasteiger partial charge in [0.15, 0.2) is 0 Å².